The smallest absolute Gasteiger partial charge is 0.289 e. The normalized spacial score (nSPS) is 10.7. The van der Waals surface area contributed by atoms with Crippen LogP contribution in [0.3, 0.4) is 0 Å². The molecule has 6 heteroatoms. The van der Waals surface area contributed by atoms with Gasteiger partial charge < -0.3 is 4.74 Å². The number of nitrogens with zero attached hydrogens (tertiary/aromatic N) is 3. The largest absolute Gasteiger partial charge is 0.497 e. The van der Waals surface area contributed by atoms with Crippen LogP contribution in [-0.2, 0) is 0 Å². The van der Waals surface area contributed by atoms with E-state index in [2.05, 4.69) is 23.3 Å². The van der Waals surface area contributed by atoms with Gasteiger partial charge in [-0.25, -0.2) is 0 Å². The fraction of sp³-hybridized carbons (Fsp3) is 0.0870. The Labute approximate surface area is 172 Å². The lowest BCUT2D eigenvalue weighted by molar-refractivity contribution is 0.414. The third kappa shape index (κ3) is 3.48. The molecule has 0 bridgehead atoms. The van der Waals surface area contributed by atoms with Gasteiger partial charge >= 0.3 is 0 Å². The van der Waals surface area contributed by atoms with Crippen LogP contribution in [0.2, 0.25) is 0 Å². The number of nitriles is 1. The van der Waals surface area contributed by atoms with Crippen molar-refractivity contribution >= 4 is 22.5 Å². The summed E-state index contributed by atoms with van der Waals surface area (Å²) in [6, 6.07) is 23.2. The zero-order valence-corrected chi connectivity index (χ0v) is 16.7. The zero-order chi connectivity index (χ0) is 20.4. The highest BCUT2D eigenvalue weighted by molar-refractivity contribution is 7.99. The van der Waals surface area contributed by atoms with E-state index in [0.29, 0.717) is 22.0 Å². The minimum absolute atomic E-state index is 0.0959. The van der Waals surface area contributed by atoms with Gasteiger partial charge in [0.25, 0.3) is 5.56 Å². The molecule has 0 saturated carbocycles. The van der Waals surface area contributed by atoms with Crippen LogP contribution in [0.15, 0.2) is 81.4 Å². The number of aromatic nitrogens is 2. The van der Waals surface area contributed by atoms with E-state index in [4.69, 9.17) is 4.74 Å². The maximum atomic E-state index is 12.8. The van der Waals surface area contributed by atoms with Gasteiger partial charge in [-0.3, -0.25) is 4.79 Å². The van der Waals surface area contributed by atoms with Gasteiger partial charge in [0.2, 0.25) is 0 Å². The van der Waals surface area contributed by atoms with Gasteiger partial charge in [0.1, 0.15) is 22.4 Å². The molecule has 0 saturated heterocycles. The van der Waals surface area contributed by atoms with E-state index in [-0.39, 0.29) is 5.56 Å². The van der Waals surface area contributed by atoms with E-state index in [1.54, 1.807) is 38.3 Å². The van der Waals surface area contributed by atoms with Crippen molar-refractivity contribution in [3.05, 3.63) is 88.2 Å². The topological polar surface area (TPSA) is 67.9 Å². The van der Waals surface area contributed by atoms with Crippen molar-refractivity contribution < 1.29 is 4.74 Å². The molecule has 0 spiro atoms. The predicted octanol–water partition coefficient (Wildman–Crippen LogP) is 4.73. The number of rotatable bonds is 4. The minimum atomic E-state index is -0.433. The lowest BCUT2D eigenvalue weighted by Crippen LogP contribution is -2.25. The highest BCUT2D eigenvalue weighted by atomic mass is 32.2. The molecule has 0 N–H and O–H groups in total. The number of benzene rings is 3. The fourth-order valence-electron chi connectivity index (χ4n) is 3.10. The summed E-state index contributed by atoms with van der Waals surface area (Å²) in [5.74, 6) is 0.680. The summed E-state index contributed by atoms with van der Waals surface area (Å²) in [4.78, 5) is 13.8. The molecule has 1 aromatic heterocycles. The molecule has 0 fully saturated rings. The van der Waals surface area contributed by atoms with Crippen LogP contribution < -0.4 is 10.3 Å². The fourth-order valence-corrected chi connectivity index (χ4v) is 4.13. The standard InChI is InChI=1S/C23H17N3O2S/c1-15-20(14-24)23(27)26(17-10-12-18(28-2)13-11-17)25-22(15)29-21-9-5-7-16-6-3-4-8-19(16)21/h3-13H,1-2H3. The molecule has 4 aromatic rings. The van der Waals surface area contributed by atoms with Crippen molar-refractivity contribution in [2.75, 3.05) is 7.11 Å². The van der Waals surface area contributed by atoms with Gasteiger partial charge in [0, 0.05) is 10.5 Å². The number of ether oxygens (including phenoxy) is 1. The van der Waals surface area contributed by atoms with Crippen LogP contribution in [0.4, 0.5) is 0 Å². The SMILES string of the molecule is COc1ccc(-n2nc(Sc3cccc4ccccc34)c(C)c(C#N)c2=O)cc1. The molecule has 142 valence electrons. The second-order valence-corrected chi connectivity index (χ2v) is 7.44. The first kappa shape index (κ1) is 18.8. The molecule has 1 heterocycles. The van der Waals surface area contributed by atoms with Gasteiger partial charge in [0.05, 0.1) is 12.8 Å². The van der Waals surface area contributed by atoms with E-state index in [0.717, 1.165) is 15.7 Å². The summed E-state index contributed by atoms with van der Waals surface area (Å²) in [6.45, 7) is 1.76. The summed E-state index contributed by atoms with van der Waals surface area (Å²) in [7, 11) is 1.58. The number of methoxy groups -OCH3 is 1. The second kappa shape index (κ2) is 7.82. The minimum Gasteiger partial charge on any atom is -0.497 e. The van der Waals surface area contributed by atoms with E-state index < -0.39 is 5.56 Å². The summed E-state index contributed by atoms with van der Waals surface area (Å²) in [5.41, 5.74) is 0.822. The molecule has 3 aromatic carbocycles. The first-order valence-corrected chi connectivity index (χ1v) is 9.78. The summed E-state index contributed by atoms with van der Waals surface area (Å²) in [5, 5.41) is 17.0. The van der Waals surface area contributed by atoms with Crippen LogP contribution in [0.5, 0.6) is 5.75 Å². The average Bonchev–Trinajstić information content (AvgIpc) is 2.76. The van der Waals surface area contributed by atoms with E-state index >= 15 is 0 Å². The highest BCUT2D eigenvalue weighted by Crippen LogP contribution is 2.34. The third-order valence-corrected chi connectivity index (χ3v) is 5.84. The van der Waals surface area contributed by atoms with Crippen LogP contribution in [0.1, 0.15) is 11.1 Å². The maximum Gasteiger partial charge on any atom is 0.289 e. The monoisotopic (exact) mass is 399 g/mol. The molecule has 29 heavy (non-hydrogen) atoms. The quantitative estimate of drug-likeness (QED) is 0.496. The number of hydrogen-bond acceptors (Lipinski definition) is 5. The molecule has 0 aliphatic heterocycles. The van der Waals surface area contributed by atoms with Crippen molar-refractivity contribution in [2.24, 2.45) is 0 Å². The molecule has 0 radical (unpaired) electrons. The van der Waals surface area contributed by atoms with E-state index in [1.165, 1.54) is 16.4 Å². The van der Waals surface area contributed by atoms with Crippen molar-refractivity contribution in [1.29, 1.82) is 5.26 Å². The van der Waals surface area contributed by atoms with Crippen LogP contribution in [-0.4, -0.2) is 16.9 Å². The van der Waals surface area contributed by atoms with Gasteiger partial charge in [0.15, 0.2) is 0 Å². The molecular weight excluding hydrogens is 382 g/mol. The summed E-state index contributed by atoms with van der Waals surface area (Å²) in [6.07, 6.45) is 0. The molecule has 5 nitrogen and oxygen atoms in total. The van der Waals surface area contributed by atoms with Crippen LogP contribution >= 0.6 is 11.8 Å². The number of hydrogen-bond donors (Lipinski definition) is 0. The van der Waals surface area contributed by atoms with E-state index in [9.17, 15) is 10.1 Å². The van der Waals surface area contributed by atoms with Crippen molar-refractivity contribution in [1.82, 2.24) is 9.78 Å². The Morgan fingerprint density at radius 1 is 1.03 bits per heavy atom. The Kier molecular flexibility index (Phi) is 5.07. The first-order valence-electron chi connectivity index (χ1n) is 8.96. The van der Waals surface area contributed by atoms with E-state index in [1.807, 2.05) is 30.3 Å². The second-order valence-electron chi connectivity index (χ2n) is 6.41. The third-order valence-electron chi connectivity index (χ3n) is 4.68. The highest BCUT2D eigenvalue weighted by Gasteiger charge is 2.17. The summed E-state index contributed by atoms with van der Waals surface area (Å²) >= 11 is 1.45. The number of fused-ring (bicyclic) bond motifs is 1. The summed E-state index contributed by atoms with van der Waals surface area (Å²) < 4.78 is 6.45. The predicted molar refractivity (Wildman–Crippen MR) is 114 cm³/mol. The van der Waals surface area contributed by atoms with Crippen LogP contribution in [0.25, 0.3) is 16.5 Å². The Morgan fingerprint density at radius 3 is 2.48 bits per heavy atom. The molecule has 0 aliphatic rings. The molecule has 0 aliphatic carbocycles. The van der Waals surface area contributed by atoms with Gasteiger partial charge in [-0.1, -0.05) is 48.2 Å². The molecule has 0 unspecified atom stereocenters. The van der Waals surface area contributed by atoms with Crippen molar-refractivity contribution in [3.63, 3.8) is 0 Å². The maximum absolute atomic E-state index is 12.8. The van der Waals surface area contributed by atoms with Gasteiger partial charge in [-0.15, -0.1) is 0 Å². The van der Waals surface area contributed by atoms with Crippen molar-refractivity contribution in [3.8, 4) is 17.5 Å². The Bertz CT molecular complexity index is 1300. The molecular formula is C23H17N3O2S. The van der Waals surface area contributed by atoms with Gasteiger partial charge in [-0.05, 0) is 48.0 Å². The lowest BCUT2D eigenvalue weighted by atomic mass is 10.1. The Balaban J connectivity index is 1.87. The van der Waals surface area contributed by atoms with Crippen LogP contribution in [0, 0.1) is 18.3 Å². The molecule has 4 rings (SSSR count). The first-order chi connectivity index (χ1) is 14.1. The molecule has 0 atom stereocenters. The van der Waals surface area contributed by atoms with Crippen molar-refractivity contribution in [2.45, 2.75) is 16.8 Å². The zero-order valence-electron chi connectivity index (χ0n) is 15.9. The molecule has 0 amide bonds. The Morgan fingerprint density at radius 2 is 1.76 bits per heavy atom. The lowest BCUT2D eigenvalue weighted by Gasteiger charge is -2.12. The average molecular weight is 399 g/mol. The Hall–Kier alpha value is -3.56. The van der Waals surface area contributed by atoms with Gasteiger partial charge in [-0.2, -0.15) is 15.0 Å².